The van der Waals surface area contributed by atoms with Gasteiger partial charge in [0.15, 0.2) is 0 Å². The number of carbonyl (C=O) groups excluding carboxylic acids is 1. The quantitative estimate of drug-likeness (QED) is 0.923. The average Bonchev–Trinajstić information content (AvgIpc) is 2.55. The molecule has 1 aromatic carbocycles. The van der Waals surface area contributed by atoms with Crippen molar-refractivity contribution in [3.63, 3.8) is 0 Å². The van der Waals surface area contributed by atoms with Crippen LogP contribution >= 0.6 is 0 Å². The molecule has 5 heteroatoms. The van der Waals surface area contributed by atoms with Crippen LogP contribution in [-0.2, 0) is 6.54 Å². The largest absolute Gasteiger partial charge is 0.497 e. The SMILES string of the molecule is COc1ccc(CN2CCC3(CC2)CC(NC(=O)N(C)C)C3)cc1. The lowest BCUT2D eigenvalue weighted by Crippen LogP contribution is -2.56. The standard InChI is InChI=1S/C19H29N3O2/c1-21(2)18(23)20-16-12-19(13-16)8-10-22(11-9-19)14-15-4-6-17(24-3)7-5-15/h4-7,16H,8-14H2,1-3H3,(H,20,23). The van der Waals surface area contributed by atoms with Crippen LogP contribution in [0.15, 0.2) is 24.3 Å². The first kappa shape index (κ1) is 17.1. The minimum atomic E-state index is 0.0341. The van der Waals surface area contributed by atoms with Crippen LogP contribution in [0.5, 0.6) is 5.75 Å². The fourth-order valence-electron chi connectivity index (χ4n) is 3.97. The van der Waals surface area contributed by atoms with Crippen molar-refractivity contribution in [2.75, 3.05) is 34.3 Å². The number of piperidine rings is 1. The van der Waals surface area contributed by atoms with Gasteiger partial charge in [-0.05, 0) is 61.9 Å². The highest BCUT2D eigenvalue weighted by atomic mass is 16.5. The fourth-order valence-corrected chi connectivity index (χ4v) is 3.97. The van der Waals surface area contributed by atoms with Crippen molar-refractivity contribution in [3.05, 3.63) is 29.8 Å². The van der Waals surface area contributed by atoms with Gasteiger partial charge in [-0.2, -0.15) is 0 Å². The van der Waals surface area contributed by atoms with Crippen LogP contribution in [0.3, 0.4) is 0 Å². The van der Waals surface area contributed by atoms with Gasteiger partial charge in [0.1, 0.15) is 5.75 Å². The molecule has 0 radical (unpaired) electrons. The number of nitrogens with one attached hydrogen (secondary N) is 1. The van der Waals surface area contributed by atoms with E-state index in [1.54, 1.807) is 26.1 Å². The molecule has 1 aromatic rings. The third-order valence-corrected chi connectivity index (χ3v) is 5.57. The minimum absolute atomic E-state index is 0.0341. The summed E-state index contributed by atoms with van der Waals surface area (Å²) in [4.78, 5) is 15.9. The van der Waals surface area contributed by atoms with E-state index in [1.807, 2.05) is 12.1 Å². The van der Waals surface area contributed by atoms with E-state index in [0.29, 0.717) is 11.5 Å². The predicted octanol–water partition coefficient (Wildman–Crippen LogP) is 2.71. The molecular weight excluding hydrogens is 302 g/mol. The van der Waals surface area contributed by atoms with E-state index >= 15 is 0 Å². The van der Waals surface area contributed by atoms with Gasteiger partial charge >= 0.3 is 6.03 Å². The van der Waals surface area contributed by atoms with Crippen molar-refractivity contribution >= 4 is 6.03 Å². The summed E-state index contributed by atoms with van der Waals surface area (Å²) in [5.74, 6) is 0.914. The van der Waals surface area contributed by atoms with Crippen molar-refractivity contribution < 1.29 is 9.53 Å². The highest BCUT2D eigenvalue weighted by Crippen LogP contribution is 2.49. The van der Waals surface area contributed by atoms with E-state index in [1.165, 1.54) is 18.4 Å². The highest BCUT2D eigenvalue weighted by molar-refractivity contribution is 5.74. The number of carbonyl (C=O) groups is 1. The number of nitrogens with zero attached hydrogens (tertiary/aromatic N) is 2. The van der Waals surface area contributed by atoms with Gasteiger partial charge in [0, 0.05) is 26.7 Å². The van der Waals surface area contributed by atoms with Crippen LogP contribution in [0.2, 0.25) is 0 Å². The molecule has 1 saturated carbocycles. The maximum absolute atomic E-state index is 11.7. The number of benzene rings is 1. The lowest BCUT2D eigenvalue weighted by molar-refractivity contribution is 0.00636. The maximum Gasteiger partial charge on any atom is 0.317 e. The number of hydrogen-bond donors (Lipinski definition) is 1. The Hall–Kier alpha value is -1.75. The molecular formula is C19H29N3O2. The predicted molar refractivity (Wildman–Crippen MR) is 95.2 cm³/mol. The van der Waals surface area contributed by atoms with Gasteiger partial charge in [-0.25, -0.2) is 4.79 Å². The molecule has 1 aliphatic carbocycles. The zero-order valence-corrected chi connectivity index (χ0v) is 15.0. The molecule has 2 aliphatic rings. The summed E-state index contributed by atoms with van der Waals surface area (Å²) >= 11 is 0. The molecule has 24 heavy (non-hydrogen) atoms. The third kappa shape index (κ3) is 3.83. The Balaban J connectivity index is 1.42. The molecule has 0 aromatic heterocycles. The summed E-state index contributed by atoms with van der Waals surface area (Å²) in [6, 6.07) is 8.77. The number of amides is 2. The van der Waals surface area contributed by atoms with E-state index < -0.39 is 0 Å². The molecule has 132 valence electrons. The average molecular weight is 331 g/mol. The fraction of sp³-hybridized carbons (Fsp3) is 0.632. The van der Waals surface area contributed by atoms with Crippen LogP contribution in [0.4, 0.5) is 4.79 Å². The molecule has 1 spiro atoms. The maximum atomic E-state index is 11.7. The Bertz CT molecular complexity index is 554. The Kier molecular flexibility index (Phi) is 4.99. The van der Waals surface area contributed by atoms with Crippen LogP contribution in [0, 0.1) is 5.41 Å². The van der Waals surface area contributed by atoms with Gasteiger partial charge in [-0.1, -0.05) is 12.1 Å². The Labute approximate surface area is 145 Å². The summed E-state index contributed by atoms with van der Waals surface area (Å²) in [6.07, 6.45) is 4.78. The first-order chi connectivity index (χ1) is 11.5. The highest BCUT2D eigenvalue weighted by Gasteiger charge is 2.46. The van der Waals surface area contributed by atoms with Crippen molar-refractivity contribution in [1.82, 2.24) is 15.1 Å². The monoisotopic (exact) mass is 331 g/mol. The zero-order chi connectivity index (χ0) is 17.2. The second-order valence-corrected chi connectivity index (χ2v) is 7.57. The lowest BCUT2D eigenvalue weighted by Gasteiger charge is -2.52. The summed E-state index contributed by atoms with van der Waals surface area (Å²) in [6.45, 7) is 3.32. The molecule has 0 unspecified atom stereocenters. The second-order valence-electron chi connectivity index (χ2n) is 7.57. The normalized spacial score (nSPS) is 20.5. The van der Waals surface area contributed by atoms with Crippen LogP contribution < -0.4 is 10.1 Å². The number of ether oxygens (including phenoxy) is 1. The molecule has 5 nitrogen and oxygen atoms in total. The van der Waals surface area contributed by atoms with Crippen molar-refractivity contribution in [3.8, 4) is 5.75 Å². The second kappa shape index (κ2) is 7.01. The van der Waals surface area contributed by atoms with Crippen LogP contribution in [0.1, 0.15) is 31.2 Å². The molecule has 1 heterocycles. The van der Waals surface area contributed by atoms with Gasteiger partial charge in [0.25, 0.3) is 0 Å². The third-order valence-electron chi connectivity index (χ3n) is 5.57. The van der Waals surface area contributed by atoms with Gasteiger partial charge in [0.2, 0.25) is 0 Å². The van der Waals surface area contributed by atoms with E-state index in [2.05, 4.69) is 22.3 Å². The zero-order valence-electron chi connectivity index (χ0n) is 15.0. The van der Waals surface area contributed by atoms with Gasteiger partial charge in [0.05, 0.1) is 7.11 Å². The topological polar surface area (TPSA) is 44.8 Å². The van der Waals surface area contributed by atoms with Crippen LogP contribution in [0.25, 0.3) is 0 Å². The van der Waals surface area contributed by atoms with E-state index in [9.17, 15) is 4.79 Å². The van der Waals surface area contributed by atoms with E-state index in [4.69, 9.17) is 4.74 Å². The van der Waals surface area contributed by atoms with E-state index in [-0.39, 0.29) is 6.03 Å². The van der Waals surface area contributed by atoms with Crippen molar-refractivity contribution in [2.45, 2.75) is 38.3 Å². The summed E-state index contributed by atoms with van der Waals surface area (Å²) in [5, 5.41) is 3.11. The molecule has 2 amide bonds. The molecule has 3 rings (SSSR count). The molecule has 1 N–H and O–H groups in total. The number of likely N-dealkylation sites (tertiary alicyclic amines) is 1. The number of methoxy groups -OCH3 is 1. The van der Waals surface area contributed by atoms with Gasteiger partial charge < -0.3 is 15.0 Å². The molecule has 1 aliphatic heterocycles. The first-order valence-electron chi connectivity index (χ1n) is 8.83. The van der Waals surface area contributed by atoms with Crippen molar-refractivity contribution in [2.24, 2.45) is 5.41 Å². The van der Waals surface area contributed by atoms with E-state index in [0.717, 1.165) is 38.2 Å². The number of hydrogen-bond acceptors (Lipinski definition) is 3. The summed E-state index contributed by atoms with van der Waals surface area (Å²) in [7, 11) is 5.29. The smallest absolute Gasteiger partial charge is 0.317 e. The first-order valence-corrected chi connectivity index (χ1v) is 8.83. The van der Waals surface area contributed by atoms with Crippen LogP contribution in [-0.4, -0.2) is 56.2 Å². The number of urea groups is 1. The summed E-state index contributed by atoms with van der Waals surface area (Å²) in [5.41, 5.74) is 1.82. The number of rotatable bonds is 4. The molecule has 0 bridgehead atoms. The minimum Gasteiger partial charge on any atom is -0.497 e. The lowest BCUT2D eigenvalue weighted by atomic mass is 9.60. The Morgan fingerprint density at radius 1 is 1.25 bits per heavy atom. The van der Waals surface area contributed by atoms with Crippen molar-refractivity contribution in [1.29, 1.82) is 0 Å². The van der Waals surface area contributed by atoms with Gasteiger partial charge in [-0.3, -0.25) is 4.90 Å². The molecule has 2 fully saturated rings. The molecule has 1 saturated heterocycles. The van der Waals surface area contributed by atoms with Gasteiger partial charge in [-0.15, -0.1) is 0 Å². The molecule has 0 atom stereocenters. The Morgan fingerprint density at radius 3 is 2.42 bits per heavy atom. The summed E-state index contributed by atoms with van der Waals surface area (Å²) < 4.78 is 5.21. The Morgan fingerprint density at radius 2 is 1.88 bits per heavy atom.